The molecule has 2 aromatic rings. The standard InChI is InChI=1S/C32H37N5O4S/c1-18(2)30(33)42-31(34)20-4-8-25(9-5-20)41-27-13-26-21(11-22(27)15-35-14-19(3)10-28(35)38)16-37(32(26)40)24-12-29(39)36(17-24)23-6-7-23/h4-5,8-9,11,13,18-19,23-24,33-34H,6-7,10,12,14-17H2,1-3H3/t19-,24?/m0/s1. The largest absolute Gasteiger partial charge is 0.457 e. The lowest BCUT2D eigenvalue weighted by Gasteiger charge is -2.23. The average Bonchev–Trinajstić information content (AvgIpc) is 3.54. The van der Waals surface area contributed by atoms with Crippen molar-refractivity contribution in [2.45, 2.75) is 71.6 Å². The first-order valence-electron chi connectivity index (χ1n) is 14.7. The molecular weight excluding hydrogens is 550 g/mol. The second-order valence-corrected chi connectivity index (χ2v) is 13.4. The fourth-order valence-electron chi connectivity index (χ4n) is 6.01. The van der Waals surface area contributed by atoms with Crippen molar-refractivity contribution < 1.29 is 19.1 Å². The number of carbonyl (C=O) groups is 3. The van der Waals surface area contributed by atoms with E-state index >= 15 is 0 Å². The fraction of sp³-hybridized carbons (Fsp3) is 0.469. The molecule has 1 aliphatic carbocycles. The number of ether oxygens (including phenoxy) is 1. The number of likely N-dealkylation sites (tertiary alicyclic amines) is 2. The van der Waals surface area contributed by atoms with Crippen molar-refractivity contribution in [2.24, 2.45) is 11.8 Å². The zero-order valence-electron chi connectivity index (χ0n) is 24.3. The molecule has 220 valence electrons. The number of nitrogens with one attached hydrogen (secondary N) is 2. The summed E-state index contributed by atoms with van der Waals surface area (Å²) in [6, 6.07) is 11.2. The van der Waals surface area contributed by atoms with E-state index in [2.05, 4.69) is 6.92 Å². The third kappa shape index (κ3) is 5.69. The first-order chi connectivity index (χ1) is 20.1. The van der Waals surface area contributed by atoms with E-state index in [0.717, 1.165) is 35.7 Å². The third-order valence-electron chi connectivity index (χ3n) is 8.53. The van der Waals surface area contributed by atoms with Crippen LogP contribution in [0.3, 0.4) is 0 Å². The molecule has 0 bridgehead atoms. The van der Waals surface area contributed by atoms with Crippen LogP contribution in [0.1, 0.15) is 73.5 Å². The van der Waals surface area contributed by atoms with Crippen molar-refractivity contribution in [2.75, 3.05) is 13.1 Å². The van der Waals surface area contributed by atoms with Crippen molar-refractivity contribution >= 4 is 39.6 Å². The van der Waals surface area contributed by atoms with Crippen LogP contribution < -0.4 is 4.74 Å². The van der Waals surface area contributed by atoms with Gasteiger partial charge in [0.2, 0.25) is 11.8 Å². The maximum Gasteiger partial charge on any atom is 0.254 e. The van der Waals surface area contributed by atoms with Gasteiger partial charge in [-0.1, -0.05) is 32.5 Å². The Morgan fingerprint density at radius 2 is 1.71 bits per heavy atom. The van der Waals surface area contributed by atoms with Crippen LogP contribution in [0.25, 0.3) is 0 Å². The summed E-state index contributed by atoms with van der Waals surface area (Å²) in [5.41, 5.74) is 3.01. The van der Waals surface area contributed by atoms with Crippen molar-refractivity contribution in [3.05, 3.63) is 58.7 Å². The van der Waals surface area contributed by atoms with Crippen molar-refractivity contribution in [1.29, 1.82) is 10.8 Å². The Morgan fingerprint density at radius 3 is 2.36 bits per heavy atom. The van der Waals surface area contributed by atoms with Gasteiger partial charge in [-0.15, -0.1) is 0 Å². The molecule has 3 aliphatic heterocycles. The van der Waals surface area contributed by atoms with E-state index in [9.17, 15) is 14.4 Å². The maximum atomic E-state index is 13.6. The van der Waals surface area contributed by atoms with Crippen LogP contribution in [0.5, 0.6) is 11.5 Å². The Morgan fingerprint density at radius 1 is 0.976 bits per heavy atom. The zero-order chi connectivity index (χ0) is 29.7. The van der Waals surface area contributed by atoms with Crippen LogP contribution in [0.15, 0.2) is 36.4 Å². The van der Waals surface area contributed by atoms with Gasteiger partial charge in [-0.25, -0.2) is 0 Å². The lowest BCUT2D eigenvalue weighted by Crippen LogP contribution is -2.38. The van der Waals surface area contributed by atoms with Gasteiger partial charge in [0.25, 0.3) is 5.91 Å². The van der Waals surface area contributed by atoms with Gasteiger partial charge in [0.15, 0.2) is 0 Å². The molecule has 4 aliphatic rings. The molecule has 3 heterocycles. The molecule has 1 saturated carbocycles. The molecule has 10 heteroatoms. The first-order valence-corrected chi connectivity index (χ1v) is 15.6. The predicted octanol–water partition coefficient (Wildman–Crippen LogP) is 5.26. The monoisotopic (exact) mass is 587 g/mol. The van der Waals surface area contributed by atoms with Gasteiger partial charge in [0.05, 0.1) is 11.1 Å². The molecule has 0 radical (unpaired) electrons. The molecule has 3 fully saturated rings. The summed E-state index contributed by atoms with van der Waals surface area (Å²) >= 11 is 1.14. The molecule has 9 nitrogen and oxygen atoms in total. The quantitative estimate of drug-likeness (QED) is 0.323. The number of carbonyl (C=O) groups excluding carboxylic acids is 3. The highest BCUT2D eigenvalue weighted by atomic mass is 32.2. The minimum absolute atomic E-state index is 0.0617. The molecule has 3 amide bonds. The first kappa shape index (κ1) is 28.5. The Kier molecular flexibility index (Phi) is 7.59. The topological polar surface area (TPSA) is 118 Å². The number of rotatable bonds is 8. The summed E-state index contributed by atoms with van der Waals surface area (Å²) in [6.07, 6.45) is 2.99. The summed E-state index contributed by atoms with van der Waals surface area (Å²) < 4.78 is 6.35. The number of hydrogen-bond acceptors (Lipinski definition) is 7. The minimum atomic E-state index is -0.135. The van der Waals surface area contributed by atoms with Gasteiger partial charge in [0, 0.05) is 67.7 Å². The zero-order valence-corrected chi connectivity index (χ0v) is 25.1. The van der Waals surface area contributed by atoms with Crippen LogP contribution in [-0.4, -0.2) is 67.7 Å². The fourth-order valence-corrected chi connectivity index (χ4v) is 6.71. The number of hydrogen-bond donors (Lipinski definition) is 2. The van der Waals surface area contributed by atoms with Crippen LogP contribution in [0.2, 0.25) is 0 Å². The Labute approximate surface area is 250 Å². The van der Waals surface area contributed by atoms with Crippen LogP contribution in [0, 0.1) is 22.7 Å². The molecule has 6 rings (SSSR count). The molecule has 2 N–H and O–H groups in total. The SMILES string of the molecule is CC(C)C(=N)SC(=N)c1ccc(Oc2cc3c(cc2CN2C[C@@H](C)CC2=O)CN(C2CC(=O)N(C4CC4)C2)C3=O)cc1. The second kappa shape index (κ2) is 11.2. The van der Waals surface area contributed by atoms with E-state index in [1.165, 1.54) is 0 Å². The lowest BCUT2D eigenvalue weighted by molar-refractivity contribution is -0.129. The molecule has 2 atom stereocenters. The van der Waals surface area contributed by atoms with Crippen molar-refractivity contribution in [3.63, 3.8) is 0 Å². The van der Waals surface area contributed by atoms with E-state index in [1.54, 1.807) is 30.3 Å². The number of thioether (sulfide) groups is 1. The van der Waals surface area contributed by atoms with E-state index < -0.39 is 0 Å². The number of amides is 3. The number of benzene rings is 2. The minimum Gasteiger partial charge on any atom is -0.457 e. The summed E-state index contributed by atoms with van der Waals surface area (Å²) in [4.78, 5) is 44.5. The van der Waals surface area contributed by atoms with Crippen LogP contribution in [0.4, 0.5) is 0 Å². The Balaban J connectivity index is 1.24. The van der Waals surface area contributed by atoms with E-state index in [-0.39, 0.29) is 29.7 Å². The van der Waals surface area contributed by atoms with Gasteiger partial charge in [-0.05, 0) is 60.7 Å². The van der Waals surface area contributed by atoms with Crippen molar-refractivity contribution in [3.8, 4) is 11.5 Å². The average molecular weight is 588 g/mol. The van der Waals surface area contributed by atoms with E-state index in [0.29, 0.717) is 83.7 Å². The van der Waals surface area contributed by atoms with Gasteiger partial charge in [0.1, 0.15) is 16.5 Å². The second-order valence-electron chi connectivity index (χ2n) is 12.3. The number of nitrogens with zero attached hydrogens (tertiary/aromatic N) is 3. The highest BCUT2D eigenvalue weighted by Crippen LogP contribution is 2.38. The summed E-state index contributed by atoms with van der Waals surface area (Å²) in [5, 5.41) is 17.2. The maximum absolute atomic E-state index is 13.6. The number of fused-ring (bicyclic) bond motifs is 1. The summed E-state index contributed by atoms with van der Waals surface area (Å²) in [6.45, 7) is 8.06. The van der Waals surface area contributed by atoms with Gasteiger partial charge >= 0.3 is 0 Å². The molecule has 0 aromatic heterocycles. The molecule has 0 spiro atoms. The highest BCUT2D eigenvalue weighted by Gasteiger charge is 2.44. The molecular formula is C32H37N5O4S. The van der Waals surface area contributed by atoms with Crippen molar-refractivity contribution in [1.82, 2.24) is 14.7 Å². The Bertz CT molecular complexity index is 1470. The summed E-state index contributed by atoms with van der Waals surface area (Å²) in [7, 11) is 0. The molecule has 42 heavy (non-hydrogen) atoms. The van der Waals surface area contributed by atoms with Gasteiger partial charge < -0.3 is 19.4 Å². The normalized spacial score (nSPS) is 22.0. The highest BCUT2D eigenvalue weighted by molar-refractivity contribution is 8.26. The van der Waals surface area contributed by atoms with Gasteiger partial charge in [-0.3, -0.25) is 25.2 Å². The lowest BCUT2D eigenvalue weighted by atomic mass is 10.0. The Hall–Kier alpha value is -3.66. The van der Waals surface area contributed by atoms with Crippen LogP contribution >= 0.6 is 11.8 Å². The van der Waals surface area contributed by atoms with Gasteiger partial charge in [-0.2, -0.15) is 0 Å². The molecule has 2 aromatic carbocycles. The molecule has 1 unspecified atom stereocenters. The molecule has 2 saturated heterocycles. The van der Waals surface area contributed by atoms with E-state index in [1.807, 2.05) is 34.6 Å². The van der Waals surface area contributed by atoms with Crippen LogP contribution in [-0.2, 0) is 22.7 Å². The summed E-state index contributed by atoms with van der Waals surface area (Å²) in [5.74, 6) is 1.60. The third-order valence-corrected chi connectivity index (χ3v) is 9.67. The smallest absolute Gasteiger partial charge is 0.254 e. The van der Waals surface area contributed by atoms with E-state index in [4.69, 9.17) is 15.6 Å². The predicted molar refractivity (Wildman–Crippen MR) is 162 cm³/mol.